The molecule has 3 heterocycles. The van der Waals surface area contributed by atoms with Crippen molar-refractivity contribution in [3.63, 3.8) is 0 Å². The Bertz CT molecular complexity index is 572. The van der Waals surface area contributed by atoms with Crippen molar-refractivity contribution in [3.05, 3.63) is 16.1 Å². The van der Waals surface area contributed by atoms with Crippen LogP contribution in [0, 0.1) is 18.8 Å². The van der Waals surface area contributed by atoms with Crippen LogP contribution in [-0.2, 0) is 16.1 Å². The van der Waals surface area contributed by atoms with E-state index in [-0.39, 0.29) is 17.9 Å². The lowest BCUT2D eigenvalue weighted by molar-refractivity contribution is -0.132. The van der Waals surface area contributed by atoms with Gasteiger partial charge in [-0.25, -0.2) is 4.98 Å². The summed E-state index contributed by atoms with van der Waals surface area (Å²) in [4.78, 5) is 19.7. The molecule has 1 aromatic rings. The number of likely N-dealkylation sites (tertiary alicyclic amines) is 1. The third-order valence-electron chi connectivity index (χ3n) is 5.51. The fourth-order valence-corrected chi connectivity index (χ4v) is 4.64. The maximum absolute atomic E-state index is 12.7. The summed E-state index contributed by atoms with van der Waals surface area (Å²) in [6, 6.07) is 0.417. The van der Waals surface area contributed by atoms with Crippen LogP contribution in [0.25, 0.3) is 0 Å². The quantitative estimate of drug-likeness (QED) is 0.914. The summed E-state index contributed by atoms with van der Waals surface area (Å²) in [7, 11) is 0. The van der Waals surface area contributed by atoms with E-state index in [2.05, 4.69) is 20.6 Å². The van der Waals surface area contributed by atoms with Crippen molar-refractivity contribution in [2.24, 2.45) is 11.8 Å². The molecule has 126 valence electrons. The molecule has 0 spiro atoms. The highest BCUT2D eigenvalue weighted by atomic mass is 32.1. The van der Waals surface area contributed by atoms with Crippen molar-refractivity contribution >= 4 is 17.2 Å². The highest BCUT2D eigenvalue weighted by Gasteiger charge is 2.44. The second kappa shape index (κ2) is 6.49. The van der Waals surface area contributed by atoms with Gasteiger partial charge < -0.3 is 10.1 Å². The Hall–Kier alpha value is -0.980. The Morgan fingerprint density at radius 1 is 1.43 bits per heavy atom. The van der Waals surface area contributed by atoms with Crippen LogP contribution < -0.4 is 5.32 Å². The zero-order valence-corrected chi connectivity index (χ0v) is 14.5. The van der Waals surface area contributed by atoms with Gasteiger partial charge in [0.2, 0.25) is 5.91 Å². The normalized spacial score (nSPS) is 31.6. The fraction of sp³-hybridized carbons (Fsp3) is 0.765. The number of fused-ring (bicyclic) bond motifs is 1. The molecule has 0 radical (unpaired) electrons. The molecule has 1 aliphatic carbocycles. The van der Waals surface area contributed by atoms with E-state index in [0.29, 0.717) is 12.0 Å². The molecule has 0 aromatic carbocycles. The number of ether oxygens (including phenoxy) is 1. The second-order valence-electron chi connectivity index (χ2n) is 7.16. The highest BCUT2D eigenvalue weighted by molar-refractivity contribution is 7.09. The molecule has 2 saturated heterocycles. The van der Waals surface area contributed by atoms with Crippen LogP contribution in [0.2, 0.25) is 0 Å². The second-order valence-corrected chi connectivity index (χ2v) is 8.22. The third-order valence-corrected chi connectivity index (χ3v) is 6.33. The smallest absolute Gasteiger partial charge is 0.225 e. The molecule has 5 nitrogen and oxygen atoms in total. The molecule has 3 atom stereocenters. The summed E-state index contributed by atoms with van der Waals surface area (Å²) < 4.78 is 5.92. The number of carbonyl (C=O) groups excluding carboxylic acids is 1. The Morgan fingerprint density at radius 2 is 2.30 bits per heavy atom. The molecule has 2 aliphatic heterocycles. The van der Waals surface area contributed by atoms with Gasteiger partial charge in [-0.15, -0.1) is 11.3 Å². The number of nitrogens with one attached hydrogen (secondary N) is 1. The largest absolute Gasteiger partial charge is 0.377 e. The predicted octanol–water partition coefficient (Wildman–Crippen LogP) is 1.96. The molecule has 1 amide bonds. The summed E-state index contributed by atoms with van der Waals surface area (Å²) in [6.07, 6.45) is 4.77. The standard InChI is InChI=1S/C17H25N3O2S/c1-11-18-13(10-23-11)7-20-8-15(14-5-6-22-16(14)9-20)17(21)19-12-3-2-4-12/h10,12,14-16H,2-9H2,1H3,(H,19,21)/t14-,15-,16+/m0/s1. The van der Waals surface area contributed by atoms with Gasteiger partial charge in [0.1, 0.15) is 0 Å². The number of aryl methyl sites for hydroxylation is 1. The van der Waals surface area contributed by atoms with Crippen LogP contribution in [0.4, 0.5) is 0 Å². The Labute approximate surface area is 141 Å². The minimum absolute atomic E-state index is 0.0663. The lowest BCUT2D eigenvalue weighted by Gasteiger charge is -2.40. The number of hydrogen-bond donors (Lipinski definition) is 1. The average molecular weight is 335 g/mol. The van der Waals surface area contributed by atoms with E-state index in [1.165, 1.54) is 6.42 Å². The van der Waals surface area contributed by atoms with Crippen LogP contribution in [-0.4, -0.2) is 47.6 Å². The summed E-state index contributed by atoms with van der Waals surface area (Å²) >= 11 is 1.69. The maximum Gasteiger partial charge on any atom is 0.225 e. The number of nitrogens with zero attached hydrogens (tertiary/aromatic N) is 2. The molecule has 1 aromatic heterocycles. The van der Waals surface area contributed by atoms with Crippen LogP contribution in [0.1, 0.15) is 36.4 Å². The summed E-state index contributed by atoms with van der Waals surface area (Å²) in [6.45, 7) is 5.42. The first-order chi connectivity index (χ1) is 11.2. The molecule has 1 N–H and O–H groups in total. The van der Waals surface area contributed by atoms with Gasteiger partial charge >= 0.3 is 0 Å². The van der Waals surface area contributed by atoms with Gasteiger partial charge in [-0.2, -0.15) is 0 Å². The average Bonchev–Trinajstić information content (AvgIpc) is 3.10. The van der Waals surface area contributed by atoms with Gasteiger partial charge in [-0.05, 0) is 32.6 Å². The van der Waals surface area contributed by atoms with Gasteiger partial charge in [-0.3, -0.25) is 9.69 Å². The van der Waals surface area contributed by atoms with Crippen LogP contribution >= 0.6 is 11.3 Å². The summed E-state index contributed by atoms with van der Waals surface area (Å²) in [5, 5.41) is 6.48. The van der Waals surface area contributed by atoms with Crippen molar-refractivity contribution in [3.8, 4) is 0 Å². The molecular weight excluding hydrogens is 310 g/mol. The molecule has 3 fully saturated rings. The van der Waals surface area contributed by atoms with Gasteiger partial charge in [0.15, 0.2) is 0 Å². The Morgan fingerprint density at radius 3 is 3.00 bits per heavy atom. The van der Waals surface area contributed by atoms with E-state index in [4.69, 9.17) is 4.74 Å². The van der Waals surface area contributed by atoms with Gasteiger partial charge in [0.05, 0.1) is 22.7 Å². The summed E-state index contributed by atoms with van der Waals surface area (Å²) in [5.74, 6) is 0.703. The fourth-order valence-electron chi connectivity index (χ4n) is 4.03. The van der Waals surface area contributed by atoms with E-state index in [0.717, 1.165) is 56.2 Å². The Balaban J connectivity index is 1.44. The summed E-state index contributed by atoms with van der Waals surface area (Å²) in [5.41, 5.74) is 1.11. The molecule has 0 bridgehead atoms. The molecule has 3 aliphatic rings. The van der Waals surface area contributed by atoms with Crippen molar-refractivity contribution < 1.29 is 9.53 Å². The number of thiazole rings is 1. The molecular formula is C17H25N3O2S. The van der Waals surface area contributed by atoms with Crippen molar-refractivity contribution in [1.82, 2.24) is 15.2 Å². The molecule has 1 saturated carbocycles. The topological polar surface area (TPSA) is 54.5 Å². The maximum atomic E-state index is 12.7. The monoisotopic (exact) mass is 335 g/mol. The SMILES string of the molecule is Cc1nc(CN2C[C@H](C(=O)NC3CCC3)[C@@H]3CCO[C@@H]3C2)cs1. The van der Waals surface area contributed by atoms with Crippen molar-refractivity contribution in [2.75, 3.05) is 19.7 Å². The highest BCUT2D eigenvalue weighted by Crippen LogP contribution is 2.35. The first-order valence-corrected chi connectivity index (χ1v) is 9.62. The van der Waals surface area contributed by atoms with Crippen molar-refractivity contribution in [1.29, 1.82) is 0 Å². The predicted molar refractivity (Wildman–Crippen MR) is 89.2 cm³/mol. The van der Waals surface area contributed by atoms with E-state index in [1.807, 2.05) is 6.92 Å². The van der Waals surface area contributed by atoms with Gasteiger partial charge in [0, 0.05) is 43.6 Å². The molecule has 4 rings (SSSR count). The van der Waals surface area contributed by atoms with Crippen LogP contribution in [0.3, 0.4) is 0 Å². The number of rotatable bonds is 4. The van der Waals surface area contributed by atoms with Gasteiger partial charge in [-0.1, -0.05) is 0 Å². The first kappa shape index (κ1) is 15.5. The number of amides is 1. The third kappa shape index (κ3) is 3.30. The lowest BCUT2D eigenvalue weighted by Crippen LogP contribution is -2.54. The minimum Gasteiger partial charge on any atom is -0.377 e. The lowest BCUT2D eigenvalue weighted by atomic mass is 9.81. The van der Waals surface area contributed by atoms with Crippen LogP contribution in [0.5, 0.6) is 0 Å². The molecule has 0 unspecified atom stereocenters. The number of piperidine rings is 1. The zero-order chi connectivity index (χ0) is 15.8. The van der Waals surface area contributed by atoms with E-state index in [9.17, 15) is 4.79 Å². The van der Waals surface area contributed by atoms with E-state index < -0.39 is 0 Å². The number of carbonyl (C=O) groups is 1. The van der Waals surface area contributed by atoms with E-state index >= 15 is 0 Å². The zero-order valence-electron chi connectivity index (χ0n) is 13.7. The molecule has 6 heteroatoms. The minimum atomic E-state index is 0.0663. The Kier molecular flexibility index (Phi) is 4.39. The van der Waals surface area contributed by atoms with Crippen LogP contribution in [0.15, 0.2) is 5.38 Å². The molecule has 23 heavy (non-hydrogen) atoms. The first-order valence-electron chi connectivity index (χ1n) is 8.74. The number of hydrogen-bond acceptors (Lipinski definition) is 5. The van der Waals surface area contributed by atoms with Gasteiger partial charge in [0.25, 0.3) is 0 Å². The van der Waals surface area contributed by atoms with E-state index in [1.54, 1.807) is 11.3 Å². The van der Waals surface area contributed by atoms with Crippen molar-refractivity contribution in [2.45, 2.75) is 51.3 Å². The number of aromatic nitrogens is 1.